The largest absolute Gasteiger partial charge is 0.344 e. The van der Waals surface area contributed by atoms with Gasteiger partial charge in [-0.2, -0.15) is 0 Å². The topological polar surface area (TPSA) is 52.7 Å². The molecule has 1 N–H and O–H groups in total. The summed E-state index contributed by atoms with van der Waals surface area (Å²) in [6, 6.07) is 8.02. The van der Waals surface area contributed by atoms with E-state index < -0.39 is 0 Å². The Morgan fingerprint density at radius 3 is 2.70 bits per heavy atom. The summed E-state index contributed by atoms with van der Waals surface area (Å²) in [5.74, 6) is -0.0319. The van der Waals surface area contributed by atoms with Crippen molar-refractivity contribution < 1.29 is 9.59 Å². The highest BCUT2D eigenvalue weighted by atomic mass is 35.5. The molecule has 1 aromatic carbocycles. The lowest BCUT2D eigenvalue weighted by molar-refractivity contribution is -0.140. The predicted molar refractivity (Wildman–Crippen MR) is 110 cm³/mol. The number of halogens is 1. The van der Waals surface area contributed by atoms with E-state index in [-0.39, 0.29) is 23.8 Å². The number of likely N-dealkylation sites (N-methyl/N-ethyl adjacent to an activating group) is 1. The molecule has 1 aromatic rings. The average Bonchev–Trinajstić information content (AvgIpc) is 2.71. The van der Waals surface area contributed by atoms with Gasteiger partial charge in [-0.1, -0.05) is 30.2 Å². The van der Waals surface area contributed by atoms with E-state index in [0.29, 0.717) is 26.1 Å². The van der Waals surface area contributed by atoms with Crippen LogP contribution in [0.15, 0.2) is 24.3 Å². The van der Waals surface area contributed by atoms with Gasteiger partial charge in [-0.25, -0.2) is 0 Å². The zero-order valence-electron chi connectivity index (χ0n) is 16.7. The molecule has 0 unspecified atom stereocenters. The molecule has 0 saturated carbocycles. The number of hydrogen-bond acceptors (Lipinski definition) is 3. The van der Waals surface area contributed by atoms with Crippen molar-refractivity contribution in [3.8, 4) is 0 Å². The van der Waals surface area contributed by atoms with Gasteiger partial charge in [0.1, 0.15) is 0 Å². The monoisotopic (exact) mass is 393 g/mol. The van der Waals surface area contributed by atoms with Crippen LogP contribution in [0.1, 0.15) is 45.1 Å². The molecule has 0 radical (unpaired) electrons. The first kappa shape index (κ1) is 21.7. The molecule has 1 heterocycles. The number of rotatable bonds is 6. The Morgan fingerprint density at radius 2 is 2.04 bits per heavy atom. The summed E-state index contributed by atoms with van der Waals surface area (Å²) in [4.78, 5) is 29.0. The van der Waals surface area contributed by atoms with Gasteiger partial charge in [0, 0.05) is 56.6 Å². The highest BCUT2D eigenvalue weighted by molar-refractivity contribution is 6.30. The number of amides is 2. The highest BCUT2D eigenvalue weighted by Gasteiger charge is 2.29. The summed E-state index contributed by atoms with van der Waals surface area (Å²) in [5, 5.41) is 4.28. The molecular weight excluding hydrogens is 362 g/mol. The first-order valence-corrected chi connectivity index (χ1v) is 10.3. The second kappa shape index (κ2) is 10.7. The quantitative estimate of drug-likeness (QED) is 0.806. The lowest BCUT2D eigenvalue weighted by atomic mass is 9.95. The Bertz CT molecular complexity index is 634. The Morgan fingerprint density at radius 1 is 1.30 bits per heavy atom. The maximum Gasteiger partial charge on any atom is 0.226 e. The summed E-state index contributed by atoms with van der Waals surface area (Å²) in [6.45, 7) is 6.74. The first-order chi connectivity index (χ1) is 12.9. The van der Waals surface area contributed by atoms with E-state index in [1.165, 1.54) is 0 Å². The molecule has 2 atom stereocenters. The normalized spacial score (nSPS) is 21.3. The van der Waals surface area contributed by atoms with Crippen LogP contribution in [0.25, 0.3) is 0 Å². The van der Waals surface area contributed by atoms with Gasteiger partial charge in [-0.15, -0.1) is 0 Å². The van der Waals surface area contributed by atoms with E-state index in [1.54, 1.807) is 4.90 Å². The van der Waals surface area contributed by atoms with Crippen LogP contribution in [-0.4, -0.2) is 54.3 Å². The predicted octanol–water partition coefficient (Wildman–Crippen LogP) is 3.32. The summed E-state index contributed by atoms with van der Waals surface area (Å²) >= 11 is 6.06. The van der Waals surface area contributed by atoms with E-state index in [2.05, 4.69) is 5.32 Å². The smallest absolute Gasteiger partial charge is 0.226 e. The second-order valence-electron chi connectivity index (χ2n) is 7.32. The minimum Gasteiger partial charge on any atom is -0.344 e. The number of nitrogens with zero attached hydrogens (tertiary/aromatic N) is 2. The SMILES string of the molecule is CCN(CC)C(=O)[C@@H]1CCC[C@@H](NCc2cccc(Cl)c2)CN(C)C(=O)C1. The van der Waals surface area contributed by atoms with Crippen LogP contribution in [0.2, 0.25) is 5.02 Å². The Labute approximate surface area is 168 Å². The van der Waals surface area contributed by atoms with Crippen LogP contribution in [0, 0.1) is 5.92 Å². The van der Waals surface area contributed by atoms with E-state index in [9.17, 15) is 9.59 Å². The molecule has 2 rings (SSSR count). The minimum absolute atomic E-state index is 0.0527. The molecule has 1 fully saturated rings. The van der Waals surface area contributed by atoms with Crippen LogP contribution in [0.5, 0.6) is 0 Å². The fourth-order valence-corrected chi connectivity index (χ4v) is 3.90. The van der Waals surface area contributed by atoms with Gasteiger partial charge in [0.05, 0.1) is 0 Å². The maximum atomic E-state index is 12.7. The van der Waals surface area contributed by atoms with Gasteiger partial charge in [0.15, 0.2) is 0 Å². The summed E-state index contributed by atoms with van der Waals surface area (Å²) in [7, 11) is 1.83. The van der Waals surface area contributed by atoms with Crippen molar-refractivity contribution in [2.75, 3.05) is 26.7 Å². The highest BCUT2D eigenvalue weighted by Crippen LogP contribution is 2.21. The fraction of sp³-hybridized carbons (Fsp3) is 0.619. The lowest BCUT2D eigenvalue weighted by Crippen LogP contribution is -2.42. The van der Waals surface area contributed by atoms with Crippen molar-refractivity contribution in [1.82, 2.24) is 15.1 Å². The van der Waals surface area contributed by atoms with E-state index >= 15 is 0 Å². The van der Waals surface area contributed by atoms with Gasteiger partial charge in [0.25, 0.3) is 0 Å². The third-order valence-electron chi connectivity index (χ3n) is 5.35. The summed E-state index contributed by atoms with van der Waals surface area (Å²) in [6.07, 6.45) is 2.96. The van der Waals surface area contributed by atoms with Gasteiger partial charge in [-0.05, 0) is 44.4 Å². The second-order valence-corrected chi connectivity index (χ2v) is 7.76. The molecule has 0 spiro atoms. The van der Waals surface area contributed by atoms with Crippen LogP contribution in [0.4, 0.5) is 0 Å². The average molecular weight is 394 g/mol. The first-order valence-electron chi connectivity index (χ1n) is 9.95. The van der Waals surface area contributed by atoms with Crippen LogP contribution in [-0.2, 0) is 16.1 Å². The van der Waals surface area contributed by atoms with Crippen molar-refractivity contribution in [1.29, 1.82) is 0 Å². The van der Waals surface area contributed by atoms with E-state index in [0.717, 1.165) is 36.4 Å². The van der Waals surface area contributed by atoms with Crippen LogP contribution < -0.4 is 5.32 Å². The molecule has 1 aliphatic heterocycles. The number of nitrogens with one attached hydrogen (secondary N) is 1. The van der Waals surface area contributed by atoms with Crippen molar-refractivity contribution in [2.24, 2.45) is 5.92 Å². The standard InChI is InChI=1S/C21H32ClN3O2/c1-4-25(5-2)21(27)17-9-7-11-19(15-24(3)20(26)13-17)23-14-16-8-6-10-18(22)12-16/h6,8,10,12,17,19,23H,4-5,7,9,11,13-15H2,1-3H3/t17-,19-/m1/s1. The number of hydrogen-bond donors (Lipinski definition) is 1. The van der Waals surface area contributed by atoms with Crippen molar-refractivity contribution in [3.63, 3.8) is 0 Å². The Hall–Kier alpha value is -1.59. The van der Waals surface area contributed by atoms with Crippen molar-refractivity contribution in [3.05, 3.63) is 34.9 Å². The van der Waals surface area contributed by atoms with Gasteiger partial charge in [-0.3, -0.25) is 9.59 Å². The van der Waals surface area contributed by atoms with Gasteiger partial charge >= 0.3 is 0 Å². The van der Waals surface area contributed by atoms with Crippen molar-refractivity contribution in [2.45, 2.75) is 52.1 Å². The molecule has 5 nitrogen and oxygen atoms in total. The van der Waals surface area contributed by atoms with E-state index in [1.807, 2.05) is 50.1 Å². The lowest BCUT2D eigenvalue weighted by Gasteiger charge is -2.26. The molecule has 27 heavy (non-hydrogen) atoms. The molecule has 150 valence electrons. The molecular formula is C21H32ClN3O2. The molecule has 0 aliphatic carbocycles. The molecule has 0 aromatic heterocycles. The number of carbonyl (C=O) groups excluding carboxylic acids is 2. The minimum atomic E-state index is -0.202. The fourth-order valence-electron chi connectivity index (χ4n) is 3.68. The zero-order valence-corrected chi connectivity index (χ0v) is 17.5. The van der Waals surface area contributed by atoms with Gasteiger partial charge < -0.3 is 15.1 Å². The molecule has 6 heteroatoms. The van der Waals surface area contributed by atoms with E-state index in [4.69, 9.17) is 11.6 Å². The number of benzene rings is 1. The third-order valence-corrected chi connectivity index (χ3v) is 5.59. The van der Waals surface area contributed by atoms with Crippen LogP contribution in [0.3, 0.4) is 0 Å². The zero-order chi connectivity index (χ0) is 19.8. The maximum absolute atomic E-state index is 12.7. The number of carbonyl (C=O) groups is 2. The summed E-state index contributed by atoms with van der Waals surface area (Å²) in [5.41, 5.74) is 1.13. The van der Waals surface area contributed by atoms with Crippen LogP contribution >= 0.6 is 11.6 Å². The Kier molecular flexibility index (Phi) is 8.58. The third kappa shape index (κ3) is 6.51. The Balaban J connectivity index is 1.99. The molecule has 1 saturated heterocycles. The molecule has 1 aliphatic rings. The molecule has 0 bridgehead atoms. The van der Waals surface area contributed by atoms with Crippen molar-refractivity contribution >= 4 is 23.4 Å². The van der Waals surface area contributed by atoms with Gasteiger partial charge in [0.2, 0.25) is 11.8 Å². The molecule has 2 amide bonds. The summed E-state index contributed by atoms with van der Waals surface area (Å²) < 4.78 is 0.